The Balaban J connectivity index is 1.53. The minimum absolute atomic E-state index is 0.195. The Morgan fingerprint density at radius 3 is 2.05 bits per heavy atom. The van der Waals surface area contributed by atoms with E-state index in [1.807, 2.05) is 132 Å². The van der Waals surface area contributed by atoms with Crippen molar-refractivity contribution in [2.75, 3.05) is 12.1 Å². The van der Waals surface area contributed by atoms with Gasteiger partial charge in [0.1, 0.15) is 17.2 Å². The highest BCUT2D eigenvalue weighted by molar-refractivity contribution is 6.37. The van der Waals surface area contributed by atoms with E-state index in [2.05, 4.69) is 0 Å². The molecular formula is C32H24N4O2. The molecule has 38 heavy (non-hydrogen) atoms. The van der Waals surface area contributed by atoms with Gasteiger partial charge < -0.3 is 4.74 Å². The van der Waals surface area contributed by atoms with E-state index in [9.17, 15) is 4.79 Å². The van der Waals surface area contributed by atoms with Gasteiger partial charge >= 0.3 is 0 Å². The van der Waals surface area contributed by atoms with Crippen molar-refractivity contribution in [1.29, 1.82) is 0 Å². The summed E-state index contributed by atoms with van der Waals surface area (Å²) in [7, 11) is 1.64. The van der Waals surface area contributed by atoms with Crippen LogP contribution in [-0.2, 0) is 4.79 Å². The maximum atomic E-state index is 13.8. The number of methoxy groups -OCH3 is 1. The van der Waals surface area contributed by atoms with Gasteiger partial charge in [-0.05, 0) is 42.5 Å². The van der Waals surface area contributed by atoms with Crippen molar-refractivity contribution in [3.8, 4) is 22.7 Å². The standard InChI is InChI=1S/C32H24N4O2/c1-38-28-19-11-14-24(20-28)30-25(22-35(33-30)26-15-7-3-8-16-26)21-29-31(23-12-5-2-6-13-23)34-36(32(29)37)27-17-9-4-10-18-27/h2-22H,1H3. The van der Waals surface area contributed by atoms with Gasteiger partial charge in [-0.3, -0.25) is 4.79 Å². The molecule has 6 heteroatoms. The van der Waals surface area contributed by atoms with E-state index in [0.717, 1.165) is 33.8 Å². The molecule has 6 rings (SSSR count). The zero-order valence-electron chi connectivity index (χ0n) is 20.7. The van der Waals surface area contributed by atoms with Gasteiger partial charge in [0.25, 0.3) is 5.91 Å². The molecule has 0 unspecified atom stereocenters. The summed E-state index contributed by atoms with van der Waals surface area (Å²) in [5.41, 5.74) is 6.02. The van der Waals surface area contributed by atoms with Crippen LogP contribution >= 0.6 is 0 Å². The predicted molar refractivity (Wildman–Crippen MR) is 150 cm³/mol. The molecule has 0 spiro atoms. The summed E-state index contributed by atoms with van der Waals surface area (Å²) < 4.78 is 7.29. The number of nitrogens with zero attached hydrogens (tertiary/aromatic N) is 4. The summed E-state index contributed by atoms with van der Waals surface area (Å²) in [6, 6.07) is 36.9. The van der Waals surface area contributed by atoms with Gasteiger partial charge in [0.15, 0.2) is 0 Å². The van der Waals surface area contributed by atoms with Crippen LogP contribution in [0.4, 0.5) is 5.69 Å². The van der Waals surface area contributed by atoms with E-state index in [4.69, 9.17) is 14.9 Å². The second-order valence-corrected chi connectivity index (χ2v) is 8.77. The summed E-state index contributed by atoms with van der Waals surface area (Å²) in [6.45, 7) is 0. The molecule has 1 aliphatic heterocycles. The van der Waals surface area contributed by atoms with Crippen LogP contribution in [0.3, 0.4) is 0 Å². The van der Waals surface area contributed by atoms with E-state index in [0.29, 0.717) is 17.0 Å². The van der Waals surface area contributed by atoms with Gasteiger partial charge in [-0.15, -0.1) is 0 Å². The van der Waals surface area contributed by atoms with Crippen LogP contribution in [0.5, 0.6) is 5.75 Å². The molecule has 184 valence electrons. The van der Waals surface area contributed by atoms with Crippen molar-refractivity contribution in [2.24, 2.45) is 5.10 Å². The molecule has 0 saturated carbocycles. The molecule has 0 atom stereocenters. The highest BCUT2D eigenvalue weighted by Crippen LogP contribution is 2.32. The first kappa shape index (κ1) is 23.2. The zero-order valence-corrected chi connectivity index (χ0v) is 20.7. The van der Waals surface area contributed by atoms with Crippen LogP contribution in [0.2, 0.25) is 0 Å². The summed E-state index contributed by atoms with van der Waals surface area (Å²) in [5, 5.41) is 11.1. The average molecular weight is 497 g/mol. The predicted octanol–water partition coefficient (Wildman–Crippen LogP) is 6.38. The monoisotopic (exact) mass is 496 g/mol. The molecule has 0 fully saturated rings. The van der Waals surface area contributed by atoms with Crippen molar-refractivity contribution >= 4 is 23.4 Å². The van der Waals surface area contributed by atoms with Crippen LogP contribution in [0.25, 0.3) is 23.0 Å². The van der Waals surface area contributed by atoms with Gasteiger partial charge in [-0.1, -0.05) is 78.9 Å². The number of hydrazone groups is 1. The SMILES string of the molecule is COc1cccc(-c2nn(-c3ccccc3)cc2C=C2C(=O)N(c3ccccc3)N=C2c2ccccc2)c1. The maximum Gasteiger partial charge on any atom is 0.281 e. The van der Waals surface area contributed by atoms with Crippen molar-refractivity contribution in [2.45, 2.75) is 0 Å². The van der Waals surface area contributed by atoms with Gasteiger partial charge in [0.2, 0.25) is 0 Å². The minimum Gasteiger partial charge on any atom is -0.497 e. The van der Waals surface area contributed by atoms with Crippen LogP contribution in [0, 0.1) is 0 Å². The lowest BCUT2D eigenvalue weighted by molar-refractivity contribution is -0.114. The number of hydrogen-bond donors (Lipinski definition) is 0. The normalized spacial score (nSPS) is 14.1. The lowest BCUT2D eigenvalue weighted by atomic mass is 9.99. The van der Waals surface area contributed by atoms with Crippen molar-refractivity contribution in [3.05, 3.63) is 138 Å². The molecule has 4 aromatic carbocycles. The first-order valence-corrected chi connectivity index (χ1v) is 12.3. The molecular weight excluding hydrogens is 472 g/mol. The number of carbonyl (C=O) groups is 1. The van der Waals surface area contributed by atoms with Crippen LogP contribution in [0.1, 0.15) is 11.1 Å². The van der Waals surface area contributed by atoms with E-state index in [-0.39, 0.29) is 5.91 Å². The maximum absolute atomic E-state index is 13.8. The number of amides is 1. The molecule has 1 aromatic heterocycles. The van der Waals surface area contributed by atoms with Crippen LogP contribution in [-0.4, -0.2) is 28.5 Å². The molecule has 0 bridgehead atoms. The second-order valence-electron chi connectivity index (χ2n) is 8.77. The molecule has 0 N–H and O–H groups in total. The smallest absolute Gasteiger partial charge is 0.281 e. The minimum atomic E-state index is -0.195. The second kappa shape index (κ2) is 10.0. The molecule has 1 aliphatic rings. The molecule has 0 radical (unpaired) electrons. The third kappa shape index (κ3) is 4.40. The van der Waals surface area contributed by atoms with Crippen LogP contribution < -0.4 is 9.75 Å². The first-order chi connectivity index (χ1) is 18.7. The zero-order chi connectivity index (χ0) is 25.9. The Bertz CT molecular complexity index is 1660. The van der Waals surface area contributed by atoms with Crippen molar-refractivity contribution < 1.29 is 9.53 Å². The quantitative estimate of drug-likeness (QED) is 0.256. The summed E-state index contributed by atoms with van der Waals surface area (Å²) in [5.74, 6) is 0.535. The van der Waals surface area contributed by atoms with Gasteiger partial charge in [0, 0.05) is 22.9 Å². The highest BCUT2D eigenvalue weighted by Gasteiger charge is 2.32. The first-order valence-electron chi connectivity index (χ1n) is 12.3. The largest absolute Gasteiger partial charge is 0.497 e. The highest BCUT2D eigenvalue weighted by atomic mass is 16.5. The number of anilines is 1. The fourth-order valence-corrected chi connectivity index (χ4v) is 4.45. The number of para-hydroxylation sites is 2. The number of hydrogen-bond acceptors (Lipinski definition) is 4. The Labute approximate surface area is 220 Å². The Kier molecular flexibility index (Phi) is 6.12. The summed E-state index contributed by atoms with van der Waals surface area (Å²) in [6.07, 6.45) is 3.83. The summed E-state index contributed by atoms with van der Waals surface area (Å²) in [4.78, 5) is 13.8. The summed E-state index contributed by atoms with van der Waals surface area (Å²) >= 11 is 0. The molecule has 5 aromatic rings. The Hall–Kier alpha value is -5.23. The third-order valence-corrected chi connectivity index (χ3v) is 6.33. The molecule has 2 heterocycles. The van der Waals surface area contributed by atoms with Gasteiger partial charge in [-0.25, -0.2) is 4.68 Å². The van der Waals surface area contributed by atoms with Gasteiger partial charge in [-0.2, -0.15) is 15.2 Å². The fraction of sp³-hybridized carbons (Fsp3) is 0.0312. The molecule has 1 amide bonds. The molecule has 6 nitrogen and oxygen atoms in total. The van der Waals surface area contributed by atoms with Gasteiger partial charge in [0.05, 0.1) is 24.1 Å². The van der Waals surface area contributed by atoms with E-state index in [1.165, 1.54) is 5.01 Å². The number of aromatic nitrogens is 2. The van der Waals surface area contributed by atoms with Crippen molar-refractivity contribution in [1.82, 2.24) is 9.78 Å². The van der Waals surface area contributed by atoms with E-state index >= 15 is 0 Å². The average Bonchev–Trinajstić information content (AvgIpc) is 3.56. The Morgan fingerprint density at radius 1 is 0.737 bits per heavy atom. The van der Waals surface area contributed by atoms with E-state index < -0.39 is 0 Å². The molecule has 0 saturated heterocycles. The number of carbonyl (C=O) groups excluding carboxylic acids is 1. The van der Waals surface area contributed by atoms with Crippen molar-refractivity contribution in [3.63, 3.8) is 0 Å². The number of rotatable bonds is 6. The topological polar surface area (TPSA) is 59.7 Å². The lowest BCUT2D eigenvalue weighted by Gasteiger charge is -2.10. The third-order valence-electron chi connectivity index (χ3n) is 6.33. The number of ether oxygens (including phenoxy) is 1. The molecule has 0 aliphatic carbocycles. The lowest BCUT2D eigenvalue weighted by Crippen LogP contribution is -2.21. The fourth-order valence-electron chi connectivity index (χ4n) is 4.45. The van der Waals surface area contributed by atoms with E-state index in [1.54, 1.807) is 7.11 Å². The van der Waals surface area contributed by atoms with Crippen LogP contribution in [0.15, 0.2) is 132 Å². The Morgan fingerprint density at radius 2 is 1.37 bits per heavy atom. The number of benzene rings is 4.